The van der Waals surface area contributed by atoms with Gasteiger partial charge < -0.3 is 15.2 Å². The Bertz CT molecular complexity index is 445. The molecule has 1 aromatic carbocycles. The van der Waals surface area contributed by atoms with Crippen LogP contribution in [0.5, 0.6) is 5.75 Å². The molecule has 0 spiro atoms. The topological polar surface area (TPSA) is 44.7 Å². The second-order valence-electron chi connectivity index (χ2n) is 5.19. The van der Waals surface area contributed by atoms with Gasteiger partial charge in [-0.3, -0.25) is 4.90 Å². The minimum absolute atomic E-state index is 0.0527. The largest absolute Gasteiger partial charge is 0.491 e. The Morgan fingerprint density at radius 1 is 1.38 bits per heavy atom. The summed E-state index contributed by atoms with van der Waals surface area (Å²) in [6.45, 7) is 0.509. The Kier molecular flexibility index (Phi) is 5.75. The normalized spacial score (nSPS) is 20.8. The first-order valence-corrected chi connectivity index (χ1v) is 7.20. The number of nitrogens with one attached hydrogen (secondary N) is 1. The van der Waals surface area contributed by atoms with Gasteiger partial charge in [0.2, 0.25) is 0 Å². The predicted octanol–water partition coefficient (Wildman–Crippen LogP) is 1.62. The van der Waals surface area contributed by atoms with E-state index in [1.54, 1.807) is 29.2 Å². The average molecular weight is 321 g/mol. The molecule has 1 saturated heterocycles. The molecule has 0 radical (unpaired) electrons. The number of aliphatic hydroxyl groups excluding tert-OH is 1. The lowest BCUT2D eigenvalue weighted by molar-refractivity contribution is -0.0295. The molecule has 1 unspecified atom stereocenters. The van der Waals surface area contributed by atoms with E-state index in [0.717, 1.165) is 0 Å². The molecule has 1 aliphatic rings. The van der Waals surface area contributed by atoms with Crippen LogP contribution in [-0.2, 0) is 0 Å². The van der Waals surface area contributed by atoms with Gasteiger partial charge >= 0.3 is 0 Å². The van der Waals surface area contributed by atoms with Crippen LogP contribution in [0.15, 0.2) is 24.3 Å². The van der Waals surface area contributed by atoms with Crippen LogP contribution in [-0.4, -0.2) is 61.4 Å². The maximum absolute atomic E-state index is 13.4. The molecule has 4 nitrogen and oxygen atoms in total. The van der Waals surface area contributed by atoms with Crippen molar-refractivity contribution in [1.82, 2.24) is 10.2 Å². The van der Waals surface area contributed by atoms with Crippen molar-refractivity contribution in [2.24, 2.45) is 0 Å². The summed E-state index contributed by atoms with van der Waals surface area (Å²) in [4.78, 5) is 1.55. The van der Waals surface area contributed by atoms with Crippen molar-refractivity contribution in [2.75, 3.05) is 39.3 Å². The van der Waals surface area contributed by atoms with Crippen LogP contribution in [0.25, 0.3) is 0 Å². The van der Waals surface area contributed by atoms with Gasteiger partial charge in [0.1, 0.15) is 18.5 Å². The van der Waals surface area contributed by atoms with Gasteiger partial charge in [0.05, 0.1) is 13.1 Å². The Balaban J connectivity index is 1.78. The van der Waals surface area contributed by atoms with Gasteiger partial charge in [0.25, 0.3) is 5.92 Å². The maximum Gasteiger partial charge on any atom is 0.272 e. The van der Waals surface area contributed by atoms with Gasteiger partial charge in [-0.15, -0.1) is 0 Å². The van der Waals surface area contributed by atoms with Crippen LogP contribution in [0.2, 0.25) is 5.02 Å². The second-order valence-corrected chi connectivity index (χ2v) is 5.62. The van der Waals surface area contributed by atoms with E-state index in [9.17, 15) is 13.9 Å². The first kappa shape index (κ1) is 16.4. The minimum Gasteiger partial charge on any atom is -0.491 e. The van der Waals surface area contributed by atoms with E-state index < -0.39 is 12.0 Å². The Labute approximate surface area is 127 Å². The molecule has 0 aliphatic carbocycles. The smallest absolute Gasteiger partial charge is 0.272 e. The molecule has 118 valence electrons. The summed E-state index contributed by atoms with van der Waals surface area (Å²) in [5, 5.41) is 13.2. The Morgan fingerprint density at radius 2 is 2.10 bits per heavy atom. The molecule has 1 aromatic rings. The first-order valence-electron chi connectivity index (χ1n) is 6.82. The van der Waals surface area contributed by atoms with E-state index in [1.807, 2.05) is 0 Å². The lowest BCUT2D eigenvalue weighted by Gasteiger charge is -2.25. The van der Waals surface area contributed by atoms with Crippen LogP contribution in [0.4, 0.5) is 8.78 Å². The van der Waals surface area contributed by atoms with Crippen molar-refractivity contribution in [3.05, 3.63) is 29.3 Å². The number of halogens is 3. The number of benzene rings is 1. The summed E-state index contributed by atoms with van der Waals surface area (Å²) in [6, 6.07) is 6.76. The van der Waals surface area contributed by atoms with Crippen LogP contribution in [0.1, 0.15) is 0 Å². The number of nitrogens with zero attached hydrogens (tertiary/aromatic N) is 1. The third-order valence-corrected chi connectivity index (χ3v) is 3.42. The van der Waals surface area contributed by atoms with E-state index in [0.29, 0.717) is 23.9 Å². The van der Waals surface area contributed by atoms with Crippen LogP contribution < -0.4 is 10.1 Å². The van der Waals surface area contributed by atoms with E-state index in [4.69, 9.17) is 16.3 Å². The number of aliphatic hydroxyl groups is 1. The molecular formula is C14H19ClF2N2O2. The Morgan fingerprint density at radius 3 is 2.81 bits per heavy atom. The predicted molar refractivity (Wildman–Crippen MR) is 77.2 cm³/mol. The number of hydrogen-bond acceptors (Lipinski definition) is 4. The van der Waals surface area contributed by atoms with Crippen molar-refractivity contribution >= 4 is 11.6 Å². The lowest BCUT2D eigenvalue weighted by Crippen LogP contribution is -2.42. The van der Waals surface area contributed by atoms with Crippen LogP contribution >= 0.6 is 11.6 Å². The summed E-state index contributed by atoms with van der Waals surface area (Å²) < 4.78 is 32.3. The van der Waals surface area contributed by atoms with Gasteiger partial charge in [0.15, 0.2) is 0 Å². The summed E-state index contributed by atoms with van der Waals surface area (Å²) in [6.07, 6.45) is -0.824. The highest BCUT2D eigenvalue weighted by atomic mass is 35.5. The summed E-state index contributed by atoms with van der Waals surface area (Å²) in [5.41, 5.74) is 0. The summed E-state index contributed by atoms with van der Waals surface area (Å²) >= 11 is 5.76. The molecule has 0 amide bonds. The van der Waals surface area contributed by atoms with Crippen molar-refractivity contribution < 1.29 is 18.6 Å². The first-order chi connectivity index (χ1) is 9.94. The van der Waals surface area contributed by atoms with Gasteiger partial charge in [0, 0.05) is 24.7 Å². The number of rotatable bonds is 5. The fraction of sp³-hybridized carbons (Fsp3) is 0.571. The minimum atomic E-state index is -2.77. The van der Waals surface area contributed by atoms with E-state index in [1.165, 1.54) is 0 Å². The van der Waals surface area contributed by atoms with Gasteiger partial charge in [-0.05, 0) is 24.3 Å². The molecule has 0 bridgehead atoms. The van der Waals surface area contributed by atoms with Crippen molar-refractivity contribution in [1.29, 1.82) is 0 Å². The zero-order chi connectivity index (χ0) is 15.3. The molecule has 7 heteroatoms. The molecule has 1 heterocycles. The fourth-order valence-electron chi connectivity index (χ4n) is 2.20. The summed E-state index contributed by atoms with van der Waals surface area (Å²) in [5.74, 6) is -2.19. The SMILES string of the molecule is OC(COc1ccc(Cl)cc1)CN1CCNCC(F)(F)C1. The maximum atomic E-state index is 13.4. The molecule has 1 atom stereocenters. The quantitative estimate of drug-likeness (QED) is 0.865. The zero-order valence-electron chi connectivity index (χ0n) is 11.6. The number of alkyl halides is 2. The van der Waals surface area contributed by atoms with Crippen molar-refractivity contribution in [3.63, 3.8) is 0 Å². The average Bonchev–Trinajstić information content (AvgIpc) is 2.58. The van der Waals surface area contributed by atoms with Crippen LogP contribution in [0, 0.1) is 0 Å². The highest BCUT2D eigenvalue weighted by molar-refractivity contribution is 6.30. The van der Waals surface area contributed by atoms with E-state index >= 15 is 0 Å². The molecular weight excluding hydrogens is 302 g/mol. The van der Waals surface area contributed by atoms with Gasteiger partial charge in [-0.1, -0.05) is 11.6 Å². The molecule has 1 aliphatic heterocycles. The standard InChI is InChI=1S/C14H19ClF2N2O2/c15-11-1-3-13(4-2-11)21-8-12(20)7-19-6-5-18-9-14(16,17)10-19/h1-4,12,18,20H,5-10H2. The number of β-amino-alcohol motifs (C(OH)–C–C–N with tert-alkyl or cyclic N) is 1. The van der Waals surface area contributed by atoms with Crippen LogP contribution in [0.3, 0.4) is 0 Å². The third-order valence-electron chi connectivity index (χ3n) is 3.17. The molecule has 0 saturated carbocycles. The zero-order valence-corrected chi connectivity index (χ0v) is 12.3. The van der Waals surface area contributed by atoms with Crippen molar-refractivity contribution in [2.45, 2.75) is 12.0 Å². The third kappa shape index (κ3) is 5.74. The van der Waals surface area contributed by atoms with Gasteiger partial charge in [-0.25, -0.2) is 8.78 Å². The molecule has 2 rings (SSSR count). The van der Waals surface area contributed by atoms with Gasteiger partial charge in [-0.2, -0.15) is 0 Å². The molecule has 21 heavy (non-hydrogen) atoms. The molecule has 1 fully saturated rings. The highest BCUT2D eigenvalue weighted by Crippen LogP contribution is 2.17. The monoisotopic (exact) mass is 320 g/mol. The Hall–Kier alpha value is -0.950. The molecule has 0 aromatic heterocycles. The lowest BCUT2D eigenvalue weighted by atomic mass is 10.3. The number of ether oxygens (including phenoxy) is 1. The number of hydrogen-bond donors (Lipinski definition) is 2. The van der Waals surface area contributed by atoms with Crippen molar-refractivity contribution in [3.8, 4) is 5.75 Å². The molecule has 2 N–H and O–H groups in total. The van der Waals surface area contributed by atoms with E-state index in [2.05, 4.69) is 5.32 Å². The van der Waals surface area contributed by atoms with E-state index in [-0.39, 0.29) is 26.2 Å². The fourth-order valence-corrected chi connectivity index (χ4v) is 2.33. The summed E-state index contributed by atoms with van der Waals surface area (Å²) in [7, 11) is 0. The second kappa shape index (κ2) is 7.35. The highest BCUT2D eigenvalue weighted by Gasteiger charge is 2.33.